The summed E-state index contributed by atoms with van der Waals surface area (Å²) in [4.78, 5) is 0. The smallest absolute Gasteiger partial charge is 0.0826 e. The van der Waals surface area contributed by atoms with Crippen molar-refractivity contribution in [3.8, 4) is 0 Å². The first kappa shape index (κ1) is 12.9. The van der Waals surface area contributed by atoms with Gasteiger partial charge in [0, 0.05) is 4.47 Å². The Hall–Kier alpha value is -1.12. The van der Waals surface area contributed by atoms with Crippen LogP contribution in [0.2, 0.25) is 0 Å². The molecule has 1 saturated carbocycles. The molecule has 0 heterocycles. The molecule has 98 valence electrons. The molecular weight excluding hydrogens is 300 g/mol. The second-order valence-electron chi connectivity index (χ2n) is 5.36. The van der Waals surface area contributed by atoms with Gasteiger partial charge in [-0.05, 0) is 54.0 Å². The minimum Gasteiger partial charge on any atom is -0.388 e. The molecule has 3 unspecified atom stereocenters. The molecule has 1 nitrogen and oxygen atoms in total. The van der Waals surface area contributed by atoms with Crippen LogP contribution in [-0.4, -0.2) is 5.11 Å². The first-order chi connectivity index (χ1) is 9.16. The molecule has 0 amide bonds. The van der Waals surface area contributed by atoms with Crippen LogP contribution in [0.3, 0.4) is 0 Å². The average molecular weight is 317 g/mol. The van der Waals surface area contributed by atoms with E-state index in [9.17, 15) is 5.11 Å². The van der Waals surface area contributed by atoms with Crippen LogP contribution >= 0.6 is 15.9 Å². The van der Waals surface area contributed by atoms with Crippen LogP contribution in [0.1, 0.15) is 35.1 Å². The second-order valence-corrected chi connectivity index (χ2v) is 6.28. The van der Waals surface area contributed by atoms with Crippen molar-refractivity contribution in [1.82, 2.24) is 0 Å². The Kier molecular flexibility index (Phi) is 3.46. The maximum absolute atomic E-state index is 10.5. The number of hydrogen-bond donors (Lipinski definition) is 1. The average Bonchev–Trinajstić information content (AvgIpc) is 3.19. The monoisotopic (exact) mass is 316 g/mol. The van der Waals surface area contributed by atoms with Gasteiger partial charge in [0.05, 0.1) is 6.10 Å². The van der Waals surface area contributed by atoms with Gasteiger partial charge in [0.25, 0.3) is 0 Å². The van der Waals surface area contributed by atoms with E-state index in [2.05, 4.69) is 53.2 Å². The van der Waals surface area contributed by atoms with Crippen molar-refractivity contribution in [2.45, 2.75) is 25.4 Å². The Bertz CT molecular complexity index is 579. The van der Waals surface area contributed by atoms with Gasteiger partial charge in [-0.3, -0.25) is 0 Å². The van der Waals surface area contributed by atoms with Crippen LogP contribution in [0.5, 0.6) is 0 Å². The summed E-state index contributed by atoms with van der Waals surface area (Å²) in [7, 11) is 0. The van der Waals surface area contributed by atoms with Crippen LogP contribution in [0.25, 0.3) is 0 Å². The van der Waals surface area contributed by atoms with Gasteiger partial charge >= 0.3 is 0 Å². The van der Waals surface area contributed by atoms with Crippen molar-refractivity contribution in [3.05, 3.63) is 69.7 Å². The van der Waals surface area contributed by atoms with Gasteiger partial charge in [0.2, 0.25) is 0 Å². The SMILES string of the molecule is Cc1cc(Br)ccc1C(O)C1CC1c1ccccc1. The molecule has 2 heteroatoms. The maximum Gasteiger partial charge on any atom is 0.0826 e. The number of halogens is 1. The van der Waals surface area contributed by atoms with Gasteiger partial charge in [-0.2, -0.15) is 0 Å². The van der Waals surface area contributed by atoms with Gasteiger partial charge < -0.3 is 5.11 Å². The Labute approximate surface area is 122 Å². The van der Waals surface area contributed by atoms with Gasteiger partial charge in [-0.25, -0.2) is 0 Å². The molecule has 0 radical (unpaired) electrons. The Morgan fingerprint density at radius 1 is 1.16 bits per heavy atom. The molecule has 0 saturated heterocycles. The van der Waals surface area contributed by atoms with Crippen molar-refractivity contribution < 1.29 is 5.11 Å². The van der Waals surface area contributed by atoms with Crippen LogP contribution in [0.4, 0.5) is 0 Å². The molecule has 0 spiro atoms. The molecule has 0 aliphatic heterocycles. The minimum absolute atomic E-state index is 0.349. The van der Waals surface area contributed by atoms with E-state index in [0.717, 1.165) is 22.0 Å². The Morgan fingerprint density at radius 2 is 1.89 bits per heavy atom. The molecular formula is C17H17BrO. The molecule has 1 aliphatic carbocycles. The summed E-state index contributed by atoms with van der Waals surface area (Å²) in [6.07, 6.45) is 0.735. The van der Waals surface area contributed by atoms with Crippen LogP contribution in [-0.2, 0) is 0 Å². The number of aliphatic hydroxyl groups excluding tert-OH is 1. The molecule has 1 aliphatic rings. The van der Waals surface area contributed by atoms with E-state index in [1.165, 1.54) is 5.56 Å². The van der Waals surface area contributed by atoms with Crippen molar-refractivity contribution in [2.24, 2.45) is 5.92 Å². The highest BCUT2D eigenvalue weighted by molar-refractivity contribution is 9.10. The largest absolute Gasteiger partial charge is 0.388 e. The topological polar surface area (TPSA) is 20.2 Å². The molecule has 0 bridgehead atoms. The van der Waals surface area contributed by atoms with Gasteiger partial charge in [-0.15, -0.1) is 0 Å². The van der Waals surface area contributed by atoms with E-state index in [0.29, 0.717) is 11.8 Å². The molecule has 1 N–H and O–H groups in total. The number of aryl methyl sites for hydroxylation is 1. The lowest BCUT2D eigenvalue weighted by Gasteiger charge is -2.14. The third kappa shape index (κ3) is 2.60. The highest BCUT2D eigenvalue weighted by Gasteiger charge is 2.44. The zero-order valence-electron chi connectivity index (χ0n) is 10.9. The predicted octanol–water partition coefficient (Wildman–Crippen LogP) is 4.59. The van der Waals surface area contributed by atoms with E-state index >= 15 is 0 Å². The first-order valence-corrected chi connectivity index (χ1v) is 7.45. The van der Waals surface area contributed by atoms with E-state index in [4.69, 9.17) is 0 Å². The molecule has 0 aromatic heterocycles. The maximum atomic E-state index is 10.5. The minimum atomic E-state index is -0.349. The number of rotatable bonds is 3. The second kappa shape index (κ2) is 5.10. The van der Waals surface area contributed by atoms with E-state index < -0.39 is 0 Å². The summed E-state index contributed by atoms with van der Waals surface area (Å²) >= 11 is 3.46. The Balaban J connectivity index is 1.78. The number of aliphatic hydroxyl groups is 1. The lowest BCUT2D eigenvalue weighted by molar-refractivity contribution is 0.150. The van der Waals surface area contributed by atoms with Gasteiger partial charge in [0.1, 0.15) is 0 Å². The summed E-state index contributed by atoms with van der Waals surface area (Å²) < 4.78 is 1.07. The van der Waals surface area contributed by atoms with Crippen molar-refractivity contribution in [3.63, 3.8) is 0 Å². The molecule has 19 heavy (non-hydrogen) atoms. The highest BCUT2D eigenvalue weighted by atomic mass is 79.9. The molecule has 2 aromatic carbocycles. The third-order valence-corrected chi connectivity index (χ3v) is 4.52. The van der Waals surface area contributed by atoms with Crippen molar-refractivity contribution in [2.75, 3.05) is 0 Å². The fraction of sp³-hybridized carbons (Fsp3) is 0.294. The molecule has 2 aromatic rings. The fourth-order valence-electron chi connectivity index (χ4n) is 2.85. The third-order valence-electron chi connectivity index (χ3n) is 4.02. The predicted molar refractivity (Wildman–Crippen MR) is 81.1 cm³/mol. The summed E-state index contributed by atoms with van der Waals surface area (Å²) in [6.45, 7) is 2.06. The van der Waals surface area contributed by atoms with Crippen molar-refractivity contribution >= 4 is 15.9 Å². The van der Waals surface area contributed by atoms with Gasteiger partial charge in [0.15, 0.2) is 0 Å². The van der Waals surface area contributed by atoms with Gasteiger partial charge in [-0.1, -0.05) is 52.3 Å². The van der Waals surface area contributed by atoms with E-state index in [1.54, 1.807) is 0 Å². The van der Waals surface area contributed by atoms with E-state index in [-0.39, 0.29) is 6.10 Å². The number of benzene rings is 2. The van der Waals surface area contributed by atoms with Crippen LogP contribution < -0.4 is 0 Å². The van der Waals surface area contributed by atoms with Crippen molar-refractivity contribution in [1.29, 1.82) is 0 Å². The summed E-state index contributed by atoms with van der Waals surface area (Å²) in [5, 5.41) is 10.5. The zero-order chi connectivity index (χ0) is 13.4. The lowest BCUT2D eigenvalue weighted by atomic mass is 9.98. The normalized spacial score (nSPS) is 23.1. The summed E-state index contributed by atoms with van der Waals surface area (Å²) in [5.41, 5.74) is 3.56. The molecule has 3 atom stereocenters. The number of hydrogen-bond acceptors (Lipinski definition) is 1. The van der Waals surface area contributed by atoms with Crippen LogP contribution in [0.15, 0.2) is 53.0 Å². The quantitative estimate of drug-likeness (QED) is 0.877. The summed E-state index contributed by atoms with van der Waals surface area (Å²) in [6, 6.07) is 16.6. The summed E-state index contributed by atoms with van der Waals surface area (Å²) in [5.74, 6) is 0.876. The molecule has 3 rings (SSSR count). The van der Waals surface area contributed by atoms with Crippen LogP contribution in [0, 0.1) is 12.8 Å². The standard InChI is InChI=1S/C17H17BrO/c1-11-9-13(18)7-8-14(11)17(19)16-10-15(16)12-5-3-2-4-6-12/h2-9,15-17,19H,10H2,1H3. The lowest BCUT2D eigenvalue weighted by Crippen LogP contribution is -2.03. The highest BCUT2D eigenvalue weighted by Crippen LogP contribution is 2.54. The first-order valence-electron chi connectivity index (χ1n) is 6.66. The zero-order valence-corrected chi connectivity index (χ0v) is 12.5. The molecule has 1 fully saturated rings. The Morgan fingerprint density at radius 3 is 2.58 bits per heavy atom. The fourth-order valence-corrected chi connectivity index (χ4v) is 3.32. The van der Waals surface area contributed by atoms with E-state index in [1.807, 2.05) is 18.2 Å².